The zero-order valence-corrected chi connectivity index (χ0v) is 24.9. The number of amides is 2. The molecule has 0 radical (unpaired) electrons. The molecule has 1 aliphatic carbocycles. The molecule has 1 saturated carbocycles. The lowest BCUT2D eigenvalue weighted by Crippen LogP contribution is -2.48. The van der Waals surface area contributed by atoms with Gasteiger partial charge >= 0.3 is 6.09 Å². The minimum atomic E-state index is -1.26. The highest BCUT2D eigenvalue weighted by Crippen LogP contribution is 2.40. The zero-order valence-electron chi connectivity index (χ0n) is 22.6. The summed E-state index contributed by atoms with van der Waals surface area (Å²) in [6.07, 6.45) is 5.40. The van der Waals surface area contributed by atoms with E-state index in [-0.39, 0.29) is 34.2 Å². The van der Waals surface area contributed by atoms with Gasteiger partial charge in [0, 0.05) is 11.6 Å². The first-order valence-corrected chi connectivity index (χ1v) is 14.8. The molecule has 0 spiro atoms. The Labute approximate surface area is 246 Å². The number of thioether (sulfide) groups is 1. The Hall–Kier alpha value is -2.80. The highest BCUT2D eigenvalue weighted by atomic mass is 35.5. The number of nitrogens with one attached hydrogen (secondary N) is 2. The number of ether oxygens (including phenoxy) is 2. The standard InChI is InChI=1S/C26H32Cl2N6O5S/c1-26(2,3)39-25(37)33-16(23(36)32-14-7-8-14)6-5-11-38-18-10-9-15(27)20(28)19(18)21(35)17-12-29-22-24(40-4)30-13-31-34(17)22/h9-10,12-14,16,21,35H,5-8,11H2,1-4H3,(H,32,36)(H,33,37)/t16-,21?/m1/s1. The van der Waals surface area contributed by atoms with E-state index in [1.807, 2.05) is 6.26 Å². The number of aliphatic hydroxyl groups is 1. The number of carbonyl (C=O) groups excluding carboxylic acids is 2. The number of nitrogens with zero attached hydrogens (tertiary/aromatic N) is 4. The van der Waals surface area contributed by atoms with E-state index in [9.17, 15) is 14.7 Å². The van der Waals surface area contributed by atoms with E-state index in [2.05, 4.69) is 25.7 Å². The van der Waals surface area contributed by atoms with Crippen LogP contribution in [0, 0.1) is 0 Å². The lowest BCUT2D eigenvalue weighted by atomic mass is 10.1. The second kappa shape index (κ2) is 12.8. The maximum absolute atomic E-state index is 12.8. The van der Waals surface area contributed by atoms with Crippen molar-refractivity contribution in [2.75, 3.05) is 12.9 Å². The minimum absolute atomic E-state index is 0.133. The van der Waals surface area contributed by atoms with Gasteiger partial charge < -0.3 is 25.2 Å². The molecule has 216 valence electrons. The number of hydrogen-bond donors (Lipinski definition) is 3. The molecule has 11 nitrogen and oxygen atoms in total. The number of fused-ring (bicyclic) bond motifs is 1. The van der Waals surface area contributed by atoms with Crippen LogP contribution in [-0.4, -0.2) is 67.2 Å². The molecule has 1 aliphatic rings. The molecule has 2 aromatic heterocycles. The van der Waals surface area contributed by atoms with E-state index < -0.39 is 23.8 Å². The number of halogens is 2. The third kappa shape index (κ3) is 7.48. The monoisotopic (exact) mass is 610 g/mol. The molecule has 1 unspecified atom stereocenters. The van der Waals surface area contributed by atoms with Crippen molar-refractivity contribution in [3.63, 3.8) is 0 Å². The van der Waals surface area contributed by atoms with Gasteiger partial charge in [0.05, 0.1) is 28.5 Å². The summed E-state index contributed by atoms with van der Waals surface area (Å²) in [6, 6.07) is 2.55. The maximum atomic E-state index is 12.8. The van der Waals surface area contributed by atoms with Crippen molar-refractivity contribution in [3.05, 3.63) is 46.0 Å². The Morgan fingerprint density at radius 2 is 2.00 bits per heavy atom. The van der Waals surface area contributed by atoms with Crippen LogP contribution >= 0.6 is 35.0 Å². The maximum Gasteiger partial charge on any atom is 0.408 e. The fourth-order valence-corrected chi connectivity index (χ4v) is 4.84. The van der Waals surface area contributed by atoms with Crippen LogP contribution in [0.1, 0.15) is 63.8 Å². The number of carbonyl (C=O) groups is 2. The molecule has 14 heteroatoms. The molecular formula is C26H32Cl2N6O5S. The van der Waals surface area contributed by atoms with Crippen LogP contribution < -0.4 is 15.4 Å². The quantitative estimate of drug-likeness (QED) is 0.210. The average Bonchev–Trinajstić information content (AvgIpc) is 3.60. The third-order valence-electron chi connectivity index (χ3n) is 5.96. The molecule has 0 aliphatic heterocycles. The average molecular weight is 612 g/mol. The summed E-state index contributed by atoms with van der Waals surface area (Å²) in [7, 11) is 0. The number of imidazole rings is 1. The Balaban J connectivity index is 1.47. The smallest absolute Gasteiger partial charge is 0.408 e. The number of aromatic nitrogens is 4. The Bertz CT molecular complexity index is 1380. The molecule has 1 aromatic carbocycles. The molecule has 2 amide bonds. The highest BCUT2D eigenvalue weighted by molar-refractivity contribution is 7.98. The van der Waals surface area contributed by atoms with E-state index >= 15 is 0 Å². The van der Waals surface area contributed by atoms with Gasteiger partial charge in [0.15, 0.2) is 5.65 Å². The Morgan fingerprint density at radius 1 is 1.25 bits per heavy atom. The molecule has 3 aromatic rings. The first kappa shape index (κ1) is 30.2. The van der Waals surface area contributed by atoms with Crippen LogP contribution in [0.2, 0.25) is 10.0 Å². The fraction of sp³-hybridized carbons (Fsp3) is 0.500. The van der Waals surface area contributed by atoms with Crippen LogP contribution in [0.25, 0.3) is 5.65 Å². The van der Waals surface area contributed by atoms with Gasteiger partial charge in [-0.1, -0.05) is 23.2 Å². The topological polar surface area (TPSA) is 140 Å². The van der Waals surface area contributed by atoms with Crippen LogP contribution in [0.5, 0.6) is 5.75 Å². The number of rotatable bonds is 11. The van der Waals surface area contributed by atoms with Gasteiger partial charge in [-0.25, -0.2) is 19.3 Å². The Morgan fingerprint density at radius 3 is 2.67 bits per heavy atom. The van der Waals surface area contributed by atoms with Crippen molar-refractivity contribution < 1.29 is 24.2 Å². The van der Waals surface area contributed by atoms with E-state index in [1.165, 1.54) is 28.8 Å². The minimum Gasteiger partial charge on any atom is -0.493 e. The number of alkyl carbamates (subject to hydrolysis) is 1. The summed E-state index contributed by atoms with van der Waals surface area (Å²) in [5.74, 6) is 0.0494. The van der Waals surface area contributed by atoms with Gasteiger partial charge in [0.25, 0.3) is 0 Å². The SMILES string of the molecule is CSc1ncnn2c(C(O)c3c(OCCC[C@@H](NC(=O)OC(C)(C)C)C(=O)NC4CC4)ccc(Cl)c3Cl)cnc12. The number of benzene rings is 1. The summed E-state index contributed by atoms with van der Waals surface area (Å²) in [5.41, 5.74) is 0.424. The summed E-state index contributed by atoms with van der Waals surface area (Å²) in [4.78, 5) is 33.7. The summed E-state index contributed by atoms with van der Waals surface area (Å²) in [6.45, 7) is 5.44. The van der Waals surface area contributed by atoms with Gasteiger partial charge in [-0.2, -0.15) is 5.10 Å². The summed E-state index contributed by atoms with van der Waals surface area (Å²) >= 11 is 14.2. The first-order chi connectivity index (χ1) is 19.0. The van der Waals surface area contributed by atoms with Gasteiger partial charge in [-0.15, -0.1) is 11.8 Å². The summed E-state index contributed by atoms with van der Waals surface area (Å²) in [5, 5.41) is 22.2. The molecule has 0 bridgehead atoms. The van der Waals surface area contributed by atoms with E-state index in [1.54, 1.807) is 32.9 Å². The first-order valence-electron chi connectivity index (χ1n) is 12.8. The second-order valence-electron chi connectivity index (χ2n) is 10.3. The predicted molar refractivity (Wildman–Crippen MR) is 152 cm³/mol. The predicted octanol–water partition coefficient (Wildman–Crippen LogP) is 4.57. The molecule has 40 heavy (non-hydrogen) atoms. The number of hydrogen-bond acceptors (Lipinski definition) is 9. The molecule has 4 rings (SSSR count). The van der Waals surface area contributed by atoms with Crippen molar-refractivity contribution in [1.29, 1.82) is 0 Å². The van der Waals surface area contributed by atoms with Crippen LogP contribution in [0.15, 0.2) is 29.7 Å². The lowest BCUT2D eigenvalue weighted by molar-refractivity contribution is -0.123. The summed E-state index contributed by atoms with van der Waals surface area (Å²) < 4.78 is 12.8. The molecule has 0 saturated heterocycles. The van der Waals surface area contributed by atoms with Crippen molar-refractivity contribution in [2.45, 2.75) is 75.3 Å². The van der Waals surface area contributed by atoms with Gasteiger partial charge in [-0.3, -0.25) is 4.79 Å². The van der Waals surface area contributed by atoms with Gasteiger partial charge in [0.1, 0.15) is 34.8 Å². The normalized spacial score (nSPS) is 15.0. The number of aliphatic hydroxyl groups excluding tert-OH is 1. The molecular weight excluding hydrogens is 579 g/mol. The van der Waals surface area contributed by atoms with E-state index in [4.69, 9.17) is 32.7 Å². The van der Waals surface area contributed by atoms with Crippen molar-refractivity contribution in [3.8, 4) is 5.75 Å². The Kier molecular flexibility index (Phi) is 9.65. The fourth-order valence-electron chi connectivity index (χ4n) is 3.94. The van der Waals surface area contributed by atoms with Gasteiger partial charge in [0.2, 0.25) is 5.91 Å². The molecule has 2 heterocycles. The highest BCUT2D eigenvalue weighted by Gasteiger charge is 2.30. The van der Waals surface area contributed by atoms with E-state index in [0.717, 1.165) is 12.8 Å². The molecule has 3 N–H and O–H groups in total. The zero-order chi connectivity index (χ0) is 29.0. The van der Waals surface area contributed by atoms with Crippen LogP contribution in [0.3, 0.4) is 0 Å². The van der Waals surface area contributed by atoms with Gasteiger partial charge in [-0.05, 0) is 64.8 Å². The van der Waals surface area contributed by atoms with Crippen LogP contribution in [-0.2, 0) is 9.53 Å². The largest absolute Gasteiger partial charge is 0.493 e. The third-order valence-corrected chi connectivity index (χ3v) is 7.46. The van der Waals surface area contributed by atoms with Crippen LogP contribution in [0.4, 0.5) is 4.79 Å². The van der Waals surface area contributed by atoms with Crippen molar-refractivity contribution >= 4 is 52.6 Å². The van der Waals surface area contributed by atoms with Crippen molar-refractivity contribution in [1.82, 2.24) is 30.2 Å². The molecule has 1 fully saturated rings. The lowest BCUT2D eigenvalue weighted by Gasteiger charge is -2.23. The molecule has 2 atom stereocenters. The van der Waals surface area contributed by atoms with Crippen molar-refractivity contribution in [2.24, 2.45) is 0 Å². The van der Waals surface area contributed by atoms with E-state index in [0.29, 0.717) is 35.0 Å². The second-order valence-corrected chi connectivity index (χ2v) is 11.9.